The first-order valence-electron chi connectivity index (χ1n) is 13.0. The smallest absolute Gasteiger partial charge is 0.303 e. The average Bonchev–Trinajstić information content (AvgIpc) is 3.71. The Morgan fingerprint density at radius 1 is 0.895 bits per heavy atom. The van der Waals surface area contributed by atoms with Gasteiger partial charge in [-0.1, -0.05) is 42.5 Å². The van der Waals surface area contributed by atoms with Crippen molar-refractivity contribution in [1.29, 1.82) is 0 Å². The molecular formula is C32H25N5O. The van der Waals surface area contributed by atoms with Gasteiger partial charge in [-0.15, -0.1) is 0 Å². The van der Waals surface area contributed by atoms with Gasteiger partial charge in [0, 0.05) is 47.3 Å². The van der Waals surface area contributed by atoms with Gasteiger partial charge in [0.2, 0.25) is 0 Å². The molecule has 3 aromatic carbocycles. The topological polar surface area (TPSA) is 62.4 Å². The third-order valence-corrected chi connectivity index (χ3v) is 7.82. The van der Waals surface area contributed by atoms with Crippen molar-refractivity contribution in [2.75, 3.05) is 11.4 Å². The minimum Gasteiger partial charge on any atom is -0.423 e. The Kier molecular flexibility index (Phi) is 4.38. The number of aromatic amines is 1. The molecule has 38 heavy (non-hydrogen) atoms. The molecule has 1 aliphatic heterocycles. The predicted molar refractivity (Wildman–Crippen MR) is 152 cm³/mol. The molecule has 6 nitrogen and oxygen atoms in total. The van der Waals surface area contributed by atoms with Gasteiger partial charge in [-0.05, 0) is 66.8 Å². The molecule has 1 aliphatic rings. The number of hydrogen-bond acceptors (Lipinski definition) is 4. The van der Waals surface area contributed by atoms with Crippen molar-refractivity contribution in [3.05, 3.63) is 102 Å². The lowest BCUT2D eigenvalue weighted by Gasteiger charge is -2.17. The van der Waals surface area contributed by atoms with Crippen LogP contribution in [0.15, 0.2) is 89.7 Å². The van der Waals surface area contributed by atoms with Gasteiger partial charge < -0.3 is 13.8 Å². The minimum absolute atomic E-state index is 0.656. The summed E-state index contributed by atoms with van der Waals surface area (Å²) in [6.07, 6.45) is 7.21. The largest absolute Gasteiger partial charge is 0.423 e. The van der Waals surface area contributed by atoms with Gasteiger partial charge in [-0.3, -0.25) is 4.90 Å². The highest BCUT2D eigenvalue weighted by molar-refractivity contribution is 6.03. The van der Waals surface area contributed by atoms with E-state index >= 15 is 0 Å². The van der Waals surface area contributed by atoms with Crippen molar-refractivity contribution in [1.82, 2.24) is 19.4 Å². The molecule has 6 heteroatoms. The summed E-state index contributed by atoms with van der Waals surface area (Å²) in [6, 6.07) is 23.8. The zero-order valence-corrected chi connectivity index (χ0v) is 21.2. The molecule has 7 aromatic rings. The number of imidazole rings is 1. The van der Waals surface area contributed by atoms with E-state index in [0.29, 0.717) is 6.01 Å². The summed E-state index contributed by atoms with van der Waals surface area (Å²) in [6.45, 7) is 5.16. The average molecular weight is 496 g/mol. The van der Waals surface area contributed by atoms with Gasteiger partial charge in [0.1, 0.15) is 11.2 Å². The Morgan fingerprint density at radius 2 is 1.82 bits per heavy atom. The Bertz CT molecular complexity index is 1990. The van der Waals surface area contributed by atoms with E-state index in [4.69, 9.17) is 14.4 Å². The van der Waals surface area contributed by atoms with Gasteiger partial charge in [0.25, 0.3) is 0 Å². The minimum atomic E-state index is 0.656. The summed E-state index contributed by atoms with van der Waals surface area (Å²) in [5.41, 5.74) is 13.2. The van der Waals surface area contributed by atoms with Crippen molar-refractivity contribution < 1.29 is 4.42 Å². The lowest BCUT2D eigenvalue weighted by molar-refractivity contribution is 0.597. The number of nitrogens with one attached hydrogen (secondary N) is 1. The number of anilines is 2. The maximum absolute atomic E-state index is 6.15. The van der Waals surface area contributed by atoms with E-state index in [1.165, 1.54) is 27.9 Å². The van der Waals surface area contributed by atoms with Crippen molar-refractivity contribution >= 4 is 39.4 Å². The molecule has 4 aromatic heterocycles. The number of rotatable bonds is 3. The van der Waals surface area contributed by atoms with Crippen LogP contribution in [0.25, 0.3) is 50.0 Å². The van der Waals surface area contributed by atoms with Crippen LogP contribution in [0, 0.1) is 13.8 Å². The highest BCUT2D eigenvalue weighted by Gasteiger charge is 2.27. The van der Waals surface area contributed by atoms with E-state index in [-0.39, 0.29) is 0 Å². The zero-order chi connectivity index (χ0) is 25.4. The monoisotopic (exact) mass is 495 g/mol. The van der Waals surface area contributed by atoms with Crippen molar-refractivity contribution in [2.45, 2.75) is 20.3 Å². The third kappa shape index (κ3) is 3.07. The molecule has 0 aliphatic carbocycles. The SMILES string of the molecule is Cc1cc(-c2cccc3c(-c4cn5cccc(C)c5n4)c[nH]c23)cc2c1CCN2c1nc2ccccc2o1. The molecule has 0 fully saturated rings. The van der Waals surface area contributed by atoms with Gasteiger partial charge in [-0.25, -0.2) is 4.98 Å². The molecular weight excluding hydrogens is 470 g/mol. The van der Waals surface area contributed by atoms with E-state index in [1.54, 1.807) is 0 Å². The fourth-order valence-corrected chi connectivity index (χ4v) is 5.93. The summed E-state index contributed by atoms with van der Waals surface area (Å²) in [5, 5.41) is 1.16. The van der Waals surface area contributed by atoms with E-state index in [0.717, 1.165) is 57.4 Å². The lowest BCUT2D eigenvalue weighted by atomic mass is 9.96. The Balaban J connectivity index is 1.25. The van der Waals surface area contributed by atoms with Crippen LogP contribution >= 0.6 is 0 Å². The number of aromatic nitrogens is 4. The van der Waals surface area contributed by atoms with Crippen molar-refractivity contribution in [2.24, 2.45) is 0 Å². The van der Waals surface area contributed by atoms with E-state index in [2.05, 4.69) is 89.2 Å². The first kappa shape index (κ1) is 21.3. The van der Waals surface area contributed by atoms with Crippen LogP contribution in [-0.4, -0.2) is 25.9 Å². The maximum Gasteiger partial charge on any atom is 0.303 e. The summed E-state index contributed by atoms with van der Waals surface area (Å²) in [7, 11) is 0. The molecule has 0 atom stereocenters. The number of pyridine rings is 1. The standard InChI is InChI=1S/C32H25N5O/c1-19-7-6-13-36-18-27(34-31(19)36)25-17-33-30-23(8-5-9-24(25)30)21-15-20(2)22-12-14-37(28(22)16-21)32-35-26-10-3-4-11-29(26)38-32/h3-11,13,15-18,33H,12,14H2,1-2H3. The number of para-hydroxylation sites is 3. The third-order valence-electron chi connectivity index (χ3n) is 7.82. The Labute approximate surface area is 219 Å². The van der Waals surface area contributed by atoms with Gasteiger partial charge in [-0.2, -0.15) is 4.98 Å². The summed E-state index contributed by atoms with van der Waals surface area (Å²) in [5.74, 6) is 0. The van der Waals surface area contributed by atoms with Crippen LogP contribution in [0.3, 0.4) is 0 Å². The summed E-state index contributed by atoms with van der Waals surface area (Å²) < 4.78 is 8.24. The van der Waals surface area contributed by atoms with Gasteiger partial charge >= 0.3 is 6.01 Å². The number of fused-ring (bicyclic) bond motifs is 4. The first-order chi connectivity index (χ1) is 18.6. The number of oxazole rings is 1. The second kappa shape index (κ2) is 7.83. The highest BCUT2D eigenvalue weighted by Crippen LogP contribution is 2.42. The molecule has 0 radical (unpaired) electrons. The molecule has 0 saturated heterocycles. The van der Waals surface area contributed by atoms with Crippen LogP contribution < -0.4 is 4.90 Å². The lowest BCUT2D eigenvalue weighted by Crippen LogP contribution is -2.13. The molecule has 0 amide bonds. The van der Waals surface area contributed by atoms with Crippen LogP contribution in [0.1, 0.15) is 16.7 Å². The van der Waals surface area contributed by atoms with Gasteiger partial charge in [0.15, 0.2) is 5.58 Å². The number of aryl methyl sites for hydroxylation is 2. The van der Waals surface area contributed by atoms with Crippen molar-refractivity contribution in [3.63, 3.8) is 0 Å². The molecule has 0 bridgehead atoms. The fourth-order valence-electron chi connectivity index (χ4n) is 5.93. The Hall–Kier alpha value is -4.84. The first-order valence-corrected chi connectivity index (χ1v) is 13.0. The van der Waals surface area contributed by atoms with Gasteiger partial charge in [0.05, 0.1) is 11.2 Å². The maximum atomic E-state index is 6.15. The predicted octanol–water partition coefficient (Wildman–Crippen LogP) is 7.60. The molecule has 184 valence electrons. The van der Waals surface area contributed by atoms with Crippen LogP contribution in [0.2, 0.25) is 0 Å². The zero-order valence-electron chi connectivity index (χ0n) is 21.2. The quantitative estimate of drug-likeness (QED) is 0.274. The number of hydrogen-bond donors (Lipinski definition) is 1. The van der Waals surface area contributed by atoms with E-state index < -0.39 is 0 Å². The molecule has 0 saturated carbocycles. The molecule has 5 heterocycles. The normalized spacial score (nSPS) is 13.3. The van der Waals surface area contributed by atoms with E-state index in [9.17, 15) is 0 Å². The fraction of sp³-hybridized carbons (Fsp3) is 0.125. The molecule has 1 N–H and O–H groups in total. The molecule has 0 spiro atoms. The summed E-state index contributed by atoms with van der Waals surface area (Å²) >= 11 is 0. The highest BCUT2D eigenvalue weighted by atomic mass is 16.4. The number of H-pyrrole nitrogens is 1. The van der Waals surface area contributed by atoms with Crippen LogP contribution in [0.5, 0.6) is 0 Å². The second-order valence-electron chi connectivity index (χ2n) is 10.1. The van der Waals surface area contributed by atoms with E-state index in [1.807, 2.05) is 24.3 Å². The molecule has 0 unspecified atom stereocenters. The second-order valence-corrected chi connectivity index (χ2v) is 10.1. The number of nitrogens with zero attached hydrogens (tertiary/aromatic N) is 4. The van der Waals surface area contributed by atoms with Crippen molar-refractivity contribution in [3.8, 4) is 22.4 Å². The van der Waals surface area contributed by atoms with Crippen LogP contribution in [0.4, 0.5) is 11.7 Å². The van der Waals surface area contributed by atoms with Crippen LogP contribution in [-0.2, 0) is 6.42 Å². The number of benzene rings is 3. The Morgan fingerprint density at radius 3 is 2.71 bits per heavy atom. The summed E-state index contributed by atoms with van der Waals surface area (Å²) in [4.78, 5) is 15.5. The molecule has 8 rings (SSSR count).